The highest BCUT2D eigenvalue weighted by atomic mass is 35.5. The predicted octanol–water partition coefficient (Wildman–Crippen LogP) is 2.78. The maximum Gasteiger partial charge on any atom is 0.225 e. The van der Waals surface area contributed by atoms with Crippen molar-refractivity contribution in [1.29, 1.82) is 0 Å². The first-order valence-corrected chi connectivity index (χ1v) is 7.80. The lowest BCUT2D eigenvalue weighted by Crippen LogP contribution is -2.53. The standard InChI is InChI=1S/C13H17ClN4S/c1-8(2)10-7-18(5-4-15-10)11-9-3-6-19-12(9)17-13(14)16-11/h3,6,8,10,15H,4-5,7H2,1-2H3. The molecule has 0 aromatic carbocycles. The van der Waals surface area contributed by atoms with Crippen LogP contribution in [0.15, 0.2) is 11.4 Å². The van der Waals surface area contributed by atoms with Gasteiger partial charge in [0.2, 0.25) is 5.28 Å². The van der Waals surface area contributed by atoms with Gasteiger partial charge in [-0.3, -0.25) is 0 Å². The Bertz CT molecular complexity index is 583. The van der Waals surface area contributed by atoms with Crippen LogP contribution in [-0.2, 0) is 0 Å². The summed E-state index contributed by atoms with van der Waals surface area (Å²) in [4.78, 5) is 12.0. The van der Waals surface area contributed by atoms with Gasteiger partial charge >= 0.3 is 0 Å². The molecule has 1 fully saturated rings. The second-order valence-electron chi connectivity index (χ2n) is 5.21. The van der Waals surface area contributed by atoms with Crippen LogP contribution >= 0.6 is 22.9 Å². The first-order chi connectivity index (χ1) is 9.15. The van der Waals surface area contributed by atoms with Crippen molar-refractivity contribution in [2.24, 2.45) is 5.92 Å². The summed E-state index contributed by atoms with van der Waals surface area (Å²) in [5.74, 6) is 1.58. The van der Waals surface area contributed by atoms with Gasteiger partial charge in [0, 0.05) is 25.7 Å². The van der Waals surface area contributed by atoms with Crippen LogP contribution in [0.2, 0.25) is 5.28 Å². The summed E-state index contributed by atoms with van der Waals surface area (Å²) in [7, 11) is 0. The zero-order valence-corrected chi connectivity index (χ0v) is 12.6. The Balaban J connectivity index is 1.97. The predicted molar refractivity (Wildman–Crippen MR) is 81.3 cm³/mol. The summed E-state index contributed by atoms with van der Waals surface area (Å²) in [6.45, 7) is 7.40. The van der Waals surface area contributed by atoms with Crippen molar-refractivity contribution in [1.82, 2.24) is 15.3 Å². The van der Waals surface area contributed by atoms with Crippen LogP contribution in [-0.4, -0.2) is 35.6 Å². The van der Waals surface area contributed by atoms with Crippen molar-refractivity contribution in [3.63, 3.8) is 0 Å². The largest absolute Gasteiger partial charge is 0.353 e. The van der Waals surface area contributed by atoms with Crippen LogP contribution in [0.3, 0.4) is 0 Å². The van der Waals surface area contributed by atoms with Gasteiger partial charge in [0.05, 0.1) is 5.39 Å². The number of nitrogens with zero attached hydrogens (tertiary/aromatic N) is 3. The molecule has 1 aliphatic rings. The molecule has 102 valence electrons. The summed E-state index contributed by atoms with van der Waals surface area (Å²) < 4.78 is 0. The number of thiophene rings is 1. The zero-order valence-electron chi connectivity index (χ0n) is 11.1. The van der Waals surface area contributed by atoms with Gasteiger partial charge in [-0.05, 0) is 29.0 Å². The molecule has 1 atom stereocenters. The molecule has 0 radical (unpaired) electrons. The Morgan fingerprint density at radius 2 is 2.32 bits per heavy atom. The molecule has 3 rings (SSSR count). The van der Waals surface area contributed by atoms with Crippen molar-refractivity contribution in [3.05, 3.63) is 16.7 Å². The Labute approximate surface area is 121 Å². The van der Waals surface area contributed by atoms with E-state index in [1.54, 1.807) is 11.3 Å². The van der Waals surface area contributed by atoms with Crippen LogP contribution in [0.5, 0.6) is 0 Å². The van der Waals surface area contributed by atoms with Crippen molar-refractivity contribution in [2.45, 2.75) is 19.9 Å². The van der Waals surface area contributed by atoms with Gasteiger partial charge < -0.3 is 10.2 Å². The van der Waals surface area contributed by atoms with E-state index in [1.807, 2.05) is 5.38 Å². The third-order valence-corrected chi connectivity index (χ3v) is 4.56. The topological polar surface area (TPSA) is 41.1 Å². The third-order valence-electron chi connectivity index (χ3n) is 3.59. The molecule has 3 heterocycles. The number of piperazine rings is 1. The summed E-state index contributed by atoms with van der Waals surface area (Å²) in [5.41, 5.74) is 0. The fourth-order valence-electron chi connectivity index (χ4n) is 2.47. The minimum absolute atomic E-state index is 0.338. The second-order valence-corrected chi connectivity index (χ2v) is 6.44. The van der Waals surface area contributed by atoms with E-state index >= 15 is 0 Å². The monoisotopic (exact) mass is 296 g/mol. The van der Waals surface area contributed by atoms with Crippen LogP contribution in [0.25, 0.3) is 10.2 Å². The van der Waals surface area contributed by atoms with E-state index < -0.39 is 0 Å². The van der Waals surface area contributed by atoms with Crippen molar-refractivity contribution < 1.29 is 0 Å². The molecule has 1 saturated heterocycles. The van der Waals surface area contributed by atoms with Crippen molar-refractivity contribution in [3.8, 4) is 0 Å². The van der Waals surface area contributed by atoms with Gasteiger partial charge in [-0.25, -0.2) is 4.98 Å². The molecule has 6 heteroatoms. The quantitative estimate of drug-likeness (QED) is 0.865. The SMILES string of the molecule is CC(C)C1CN(c2nc(Cl)nc3sccc23)CCN1. The molecule has 4 nitrogen and oxygen atoms in total. The number of hydrogen-bond donors (Lipinski definition) is 1. The van der Waals surface area contributed by atoms with Crippen LogP contribution in [0.4, 0.5) is 5.82 Å². The smallest absolute Gasteiger partial charge is 0.225 e. The van der Waals surface area contributed by atoms with E-state index in [4.69, 9.17) is 11.6 Å². The van der Waals surface area contributed by atoms with E-state index in [1.165, 1.54) is 0 Å². The molecule has 0 saturated carbocycles. The molecule has 1 N–H and O–H groups in total. The molecule has 19 heavy (non-hydrogen) atoms. The van der Waals surface area contributed by atoms with Gasteiger partial charge in [-0.1, -0.05) is 13.8 Å². The Morgan fingerprint density at radius 1 is 1.47 bits per heavy atom. The zero-order chi connectivity index (χ0) is 13.4. The van der Waals surface area contributed by atoms with Crippen LogP contribution < -0.4 is 10.2 Å². The van der Waals surface area contributed by atoms with Gasteiger partial charge in [0.25, 0.3) is 0 Å². The number of rotatable bonds is 2. The number of halogens is 1. The van der Waals surface area contributed by atoms with Gasteiger partial charge in [0.15, 0.2) is 0 Å². The number of anilines is 1. The van der Waals surface area contributed by atoms with E-state index in [0.717, 1.165) is 35.7 Å². The number of nitrogens with one attached hydrogen (secondary N) is 1. The third kappa shape index (κ3) is 2.55. The second kappa shape index (κ2) is 5.23. The van der Waals surface area contributed by atoms with E-state index in [-0.39, 0.29) is 0 Å². The Hall–Kier alpha value is -0.910. The van der Waals surface area contributed by atoms with E-state index in [0.29, 0.717) is 17.2 Å². The van der Waals surface area contributed by atoms with Gasteiger partial charge in [0.1, 0.15) is 10.6 Å². The summed E-state index contributed by atoms with van der Waals surface area (Å²) in [6.07, 6.45) is 0. The minimum atomic E-state index is 0.338. The van der Waals surface area contributed by atoms with Crippen LogP contribution in [0.1, 0.15) is 13.8 Å². The first-order valence-electron chi connectivity index (χ1n) is 6.54. The average Bonchev–Trinajstić information content (AvgIpc) is 2.85. The molecule has 0 spiro atoms. The van der Waals surface area contributed by atoms with Gasteiger partial charge in [-0.15, -0.1) is 11.3 Å². The van der Waals surface area contributed by atoms with E-state index in [9.17, 15) is 0 Å². The normalized spacial score (nSPS) is 20.4. The highest BCUT2D eigenvalue weighted by Crippen LogP contribution is 2.29. The highest BCUT2D eigenvalue weighted by Gasteiger charge is 2.24. The minimum Gasteiger partial charge on any atom is -0.353 e. The van der Waals surface area contributed by atoms with Crippen LogP contribution in [0, 0.1) is 5.92 Å². The summed E-state index contributed by atoms with van der Waals surface area (Å²) in [5, 5.41) is 7.05. The van der Waals surface area contributed by atoms with Crippen molar-refractivity contribution in [2.75, 3.05) is 24.5 Å². The molecule has 1 unspecified atom stereocenters. The molecule has 0 amide bonds. The number of aromatic nitrogens is 2. The Morgan fingerprint density at radius 3 is 3.11 bits per heavy atom. The fourth-order valence-corrected chi connectivity index (χ4v) is 3.45. The fraction of sp³-hybridized carbons (Fsp3) is 0.538. The summed E-state index contributed by atoms with van der Waals surface area (Å²) in [6, 6.07) is 2.58. The van der Waals surface area contributed by atoms with Gasteiger partial charge in [-0.2, -0.15) is 4.98 Å². The maximum absolute atomic E-state index is 6.04. The lowest BCUT2D eigenvalue weighted by atomic mass is 10.0. The molecule has 1 aliphatic heterocycles. The first kappa shape index (κ1) is 13.1. The van der Waals surface area contributed by atoms with Crippen molar-refractivity contribution >= 4 is 39.0 Å². The lowest BCUT2D eigenvalue weighted by Gasteiger charge is -2.36. The average molecular weight is 297 g/mol. The molecular formula is C13H17ClN4S. The molecule has 0 aliphatic carbocycles. The summed E-state index contributed by atoms with van der Waals surface area (Å²) >= 11 is 7.65. The lowest BCUT2D eigenvalue weighted by molar-refractivity contribution is 0.367. The molecular weight excluding hydrogens is 280 g/mol. The maximum atomic E-state index is 6.04. The Kier molecular flexibility index (Phi) is 3.60. The number of fused-ring (bicyclic) bond motifs is 1. The molecule has 2 aromatic rings. The number of hydrogen-bond acceptors (Lipinski definition) is 5. The molecule has 0 bridgehead atoms. The molecule has 2 aromatic heterocycles. The van der Waals surface area contributed by atoms with E-state index in [2.05, 4.69) is 40.1 Å². The highest BCUT2D eigenvalue weighted by molar-refractivity contribution is 7.16.